The Morgan fingerprint density at radius 1 is 1.58 bits per heavy atom. The molecule has 0 aliphatic carbocycles. The third-order valence-corrected chi connectivity index (χ3v) is 5.36. The van der Waals surface area contributed by atoms with Crippen LogP contribution in [0.4, 0.5) is 0 Å². The second-order valence-electron chi connectivity index (χ2n) is 3.80. The Hall–Kier alpha value is -1.08. The first kappa shape index (κ1) is 16.0. The van der Waals surface area contributed by atoms with E-state index in [1.54, 1.807) is 0 Å². The van der Waals surface area contributed by atoms with Gasteiger partial charge in [-0.25, -0.2) is 0 Å². The van der Waals surface area contributed by atoms with Gasteiger partial charge in [0.15, 0.2) is 0 Å². The standard InChI is InChI=1S/C12H18N2O3S2/c1-4-14-11-8(2)10(13)12(18-11)19(16)7-5-6-17-9(3)15/h2,4-7,13H2,1,3H3. The van der Waals surface area contributed by atoms with Crippen molar-refractivity contribution in [3.05, 3.63) is 22.1 Å². The van der Waals surface area contributed by atoms with Crippen molar-refractivity contribution >= 4 is 33.6 Å². The Balaban J connectivity index is 2.56. The van der Waals surface area contributed by atoms with Crippen molar-refractivity contribution in [3.8, 4) is 0 Å². The molecule has 1 rings (SSSR count). The summed E-state index contributed by atoms with van der Waals surface area (Å²) in [7, 11) is -1.20. The van der Waals surface area contributed by atoms with Crippen LogP contribution in [0.3, 0.4) is 0 Å². The Labute approximate surface area is 119 Å². The number of hydrogen-bond donors (Lipinski definition) is 1. The number of rotatable bonds is 6. The van der Waals surface area contributed by atoms with Gasteiger partial charge in [0.2, 0.25) is 0 Å². The summed E-state index contributed by atoms with van der Waals surface area (Å²) < 4.78 is 17.5. The van der Waals surface area contributed by atoms with Gasteiger partial charge < -0.3 is 10.5 Å². The number of carbonyl (C=O) groups is 1. The van der Waals surface area contributed by atoms with Gasteiger partial charge in [0.1, 0.15) is 9.28 Å². The fraction of sp³-hybridized carbons (Fsp3) is 0.500. The van der Waals surface area contributed by atoms with Gasteiger partial charge in [-0.05, 0) is 13.3 Å². The molecular weight excluding hydrogens is 284 g/mol. The van der Waals surface area contributed by atoms with Crippen LogP contribution in [0.1, 0.15) is 20.3 Å². The number of carbonyl (C=O) groups excluding carboxylic acids is 1. The van der Waals surface area contributed by atoms with E-state index in [-0.39, 0.29) is 12.6 Å². The number of allylic oxidation sites excluding steroid dienone is 1. The quantitative estimate of drug-likeness (QED) is 0.594. The lowest BCUT2D eigenvalue weighted by Crippen LogP contribution is -2.08. The molecule has 1 aliphatic heterocycles. The number of aliphatic imine (C=N–C) groups is 1. The SMILES string of the molecule is C=C1C(=NCC)SC(S(=O)CCCOC(C)=O)=C1N. The van der Waals surface area contributed by atoms with E-state index in [1.807, 2.05) is 6.92 Å². The molecule has 2 N–H and O–H groups in total. The summed E-state index contributed by atoms with van der Waals surface area (Å²) in [6.07, 6.45) is 0.538. The number of esters is 1. The van der Waals surface area contributed by atoms with Crippen molar-refractivity contribution in [1.29, 1.82) is 0 Å². The average molecular weight is 302 g/mol. The Morgan fingerprint density at radius 2 is 2.26 bits per heavy atom. The van der Waals surface area contributed by atoms with Crippen LogP contribution in [-0.2, 0) is 20.3 Å². The van der Waals surface area contributed by atoms with Crippen LogP contribution in [0.2, 0.25) is 0 Å². The lowest BCUT2D eigenvalue weighted by Gasteiger charge is -2.03. The molecule has 106 valence electrons. The van der Waals surface area contributed by atoms with Crippen LogP contribution in [0.5, 0.6) is 0 Å². The summed E-state index contributed by atoms with van der Waals surface area (Å²) in [5.41, 5.74) is 7.01. The normalized spacial score (nSPS) is 19.1. The number of nitrogens with two attached hydrogens (primary N) is 1. The molecule has 0 aromatic heterocycles. The minimum atomic E-state index is -1.20. The molecule has 0 amide bonds. The van der Waals surface area contributed by atoms with E-state index in [0.29, 0.717) is 34.2 Å². The minimum absolute atomic E-state index is 0.274. The molecule has 5 nitrogen and oxygen atoms in total. The number of nitrogens with zero attached hydrogens (tertiary/aromatic N) is 1. The summed E-state index contributed by atoms with van der Waals surface area (Å²) in [6.45, 7) is 8.03. The Bertz CT molecular complexity index is 470. The maximum absolute atomic E-state index is 12.1. The molecule has 1 aliphatic rings. The van der Waals surface area contributed by atoms with Gasteiger partial charge in [-0.2, -0.15) is 0 Å². The van der Waals surface area contributed by atoms with Crippen molar-refractivity contribution in [3.63, 3.8) is 0 Å². The zero-order valence-corrected chi connectivity index (χ0v) is 12.7. The van der Waals surface area contributed by atoms with Crippen LogP contribution in [0.15, 0.2) is 27.1 Å². The van der Waals surface area contributed by atoms with E-state index in [1.165, 1.54) is 18.7 Å². The van der Waals surface area contributed by atoms with Crippen LogP contribution < -0.4 is 5.73 Å². The van der Waals surface area contributed by atoms with Gasteiger partial charge in [0, 0.05) is 24.8 Å². The second-order valence-corrected chi connectivity index (χ2v) is 6.57. The predicted octanol–water partition coefficient (Wildman–Crippen LogP) is 1.54. The van der Waals surface area contributed by atoms with Crippen LogP contribution >= 0.6 is 11.8 Å². The van der Waals surface area contributed by atoms with E-state index in [9.17, 15) is 9.00 Å². The van der Waals surface area contributed by atoms with Crippen molar-refractivity contribution < 1.29 is 13.7 Å². The van der Waals surface area contributed by atoms with E-state index >= 15 is 0 Å². The van der Waals surface area contributed by atoms with Crippen molar-refractivity contribution in [2.45, 2.75) is 20.3 Å². The molecule has 1 atom stereocenters. The molecule has 0 bridgehead atoms. The summed E-state index contributed by atoms with van der Waals surface area (Å²) in [5.74, 6) is 0.0775. The van der Waals surface area contributed by atoms with Gasteiger partial charge in [0.25, 0.3) is 0 Å². The lowest BCUT2D eigenvalue weighted by molar-refractivity contribution is -0.140. The summed E-state index contributed by atoms with van der Waals surface area (Å²) in [6, 6.07) is 0. The second kappa shape index (κ2) is 7.49. The summed E-state index contributed by atoms with van der Waals surface area (Å²) in [5, 5.41) is 0.739. The fourth-order valence-corrected chi connectivity index (χ4v) is 4.01. The first-order valence-electron chi connectivity index (χ1n) is 5.90. The van der Waals surface area contributed by atoms with Crippen LogP contribution in [-0.4, -0.2) is 34.1 Å². The lowest BCUT2D eigenvalue weighted by atomic mass is 10.3. The zero-order valence-electron chi connectivity index (χ0n) is 11.1. The number of ether oxygens (including phenoxy) is 1. The number of hydrogen-bond acceptors (Lipinski definition) is 6. The Kier molecular flexibility index (Phi) is 6.30. The topological polar surface area (TPSA) is 81.8 Å². The average Bonchev–Trinajstić information content (AvgIpc) is 2.63. The first-order chi connectivity index (χ1) is 8.97. The predicted molar refractivity (Wildman–Crippen MR) is 80.2 cm³/mol. The van der Waals surface area contributed by atoms with Crippen LogP contribution in [0, 0.1) is 0 Å². The monoisotopic (exact) mass is 302 g/mol. The number of thioether (sulfide) groups is 1. The van der Waals surface area contributed by atoms with E-state index in [0.717, 1.165) is 5.04 Å². The molecule has 0 fully saturated rings. The van der Waals surface area contributed by atoms with Gasteiger partial charge in [0.05, 0.1) is 23.1 Å². The van der Waals surface area contributed by atoms with Crippen LogP contribution in [0.25, 0.3) is 0 Å². The summed E-state index contributed by atoms with van der Waals surface area (Å²) >= 11 is 1.32. The third kappa shape index (κ3) is 4.50. The molecule has 1 unspecified atom stereocenters. The highest BCUT2D eigenvalue weighted by Crippen LogP contribution is 2.36. The molecule has 0 spiro atoms. The first-order valence-corrected chi connectivity index (χ1v) is 8.04. The maximum Gasteiger partial charge on any atom is 0.302 e. The molecule has 19 heavy (non-hydrogen) atoms. The Morgan fingerprint density at radius 3 is 2.84 bits per heavy atom. The van der Waals surface area contributed by atoms with Gasteiger partial charge in [-0.1, -0.05) is 18.3 Å². The van der Waals surface area contributed by atoms with Gasteiger partial charge in [-0.15, -0.1) is 0 Å². The maximum atomic E-state index is 12.1. The van der Waals surface area contributed by atoms with E-state index < -0.39 is 10.8 Å². The van der Waals surface area contributed by atoms with Crippen molar-refractivity contribution in [1.82, 2.24) is 0 Å². The molecule has 0 aromatic carbocycles. The molecule has 0 saturated carbocycles. The molecule has 0 aromatic rings. The molecular formula is C12H18N2O3S2. The van der Waals surface area contributed by atoms with Crippen molar-refractivity contribution in [2.24, 2.45) is 10.7 Å². The molecule has 0 saturated heterocycles. The van der Waals surface area contributed by atoms with Gasteiger partial charge in [-0.3, -0.25) is 14.0 Å². The smallest absolute Gasteiger partial charge is 0.302 e. The fourth-order valence-electron chi connectivity index (χ4n) is 1.38. The largest absolute Gasteiger partial charge is 0.466 e. The van der Waals surface area contributed by atoms with E-state index in [2.05, 4.69) is 11.6 Å². The minimum Gasteiger partial charge on any atom is -0.466 e. The van der Waals surface area contributed by atoms with Gasteiger partial charge >= 0.3 is 5.97 Å². The summed E-state index contributed by atoms with van der Waals surface area (Å²) in [4.78, 5) is 14.9. The molecule has 7 heteroatoms. The molecule has 1 heterocycles. The zero-order chi connectivity index (χ0) is 14.4. The van der Waals surface area contributed by atoms with Crippen molar-refractivity contribution in [2.75, 3.05) is 18.9 Å². The third-order valence-electron chi connectivity index (χ3n) is 2.28. The highest BCUT2D eigenvalue weighted by atomic mass is 32.2. The highest BCUT2D eigenvalue weighted by molar-refractivity contribution is 8.27. The highest BCUT2D eigenvalue weighted by Gasteiger charge is 2.26. The molecule has 0 radical (unpaired) electrons. The van der Waals surface area contributed by atoms with E-state index in [4.69, 9.17) is 10.5 Å².